The van der Waals surface area contributed by atoms with E-state index in [1.807, 2.05) is 58.3 Å². The van der Waals surface area contributed by atoms with Gasteiger partial charge in [0.1, 0.15) is 0 Å². The van der Waals surface area contributed by atoms with E-state index in [0.29, 0.717) is 30.5 Å². The molecule has 0 bridgehead atoms. The Labute approximate surface area is 177 Å². The van der Waals surface area contributed by atoms with Crippen molar-refractivity contribution in [3.63, 3.8) is 0 Å². The van der Waals surface area contributed by atoms with Crippen molar-refractivity contribution in [2.24, 2.45) is 5.92 Å². The zero-order chi connectivity index (χ0) is 20.4. The van der Waals surface area contributed by atoms with E-state index in [9.17, 15) is 9.59 Å². The maximum Gasteiger partial charge on any atom is 0.254 e. The molecule has 2 heterocycles. The van der Waals surface area contributed by atoms with E-state index < -0.39 is 0 Å². The van der Waals surface area contributed by atoms with Crippen molar-refractivity contribution in [3.8, 4) is 0 Å². The lowest BCUT2D eigenvalue weighted by Crippen LogP contribution is -2.39. The quantitative estimate of drug-likeness (QED) is 0.715. The molecule has 2 aromatic rings. The average molecular weight is 411 g/mol. The fraction of sp³-hybridized carbons (Fsp3) is 0.417. The Morgan fingerprint density at radius 1 is 1.10 bits per heavy atom. The average Bonchev–Trinajstić information content (AvgIpc) is 3.04. The zero-order valence-electron chi connectivity index (χ0n) is 16.8. The van der Waals surface area contributed by atoms with Crippen molar-refractivity contribution >= 4 is 23.4 Å². The van der Waals surface area contributed by atoms with Crippen LogP contribution in [0.4, 0.5) is 0 Å². The summed E-state index contributed by atoms with van der Waals surface area (Å²) in [5.41, 5.74) is 2.89. The van der Waals surface area contributed by atoms with E-state index in [-0.39, 0.29) is 17.7 Å². The molecule has 0 aliphatic carbocycles. The van der Waals surface area contributed by atoms with Gasteiger partial charge in [-0.3, -0.25) is 9.59 Å². The summed E-state index contributed by atoms with van der Waals surface area (Å²) in [6.45, 7) is 5.05. The van der Waals surface area contributed by atoms with Crippen LogP contribution in [0.15, 0.2) is 48.5 Å². The predicted octanol–water partition coefficient (Wildman–Crippen LogP) is 4.73. The van der Waals surface area contributed by atoms with E-state index in [0.717, 1.165) is 42.6 Å². The minimum absolute atomic E-state index is 0.0441. The van der Waals surface area contributed by atoms with Crippen molar-refractivity contribution in [3.05, 3.63) is 70.2 Å². The predicted molar refractivity (Wildman–Crippen MR) is 115 cm³/mol. The molecule has 2 amide bonds. The highest BCUT2D eigenvalue weighted by molar-refractivity contribution is 6.30. The van der Waals surface area contributed by atoms with Crippen molar-refractivity contribution in [2.45, 2.75) is 38.6 Å². The summed E-state index contributed by atoms with van der Waals surface area (Å²) in [4.78, 5) is 29.7. The van der Waals surface area contributed by atoms with Crippen LogP contribution in [0.3, 0.4) is 0 Å². The molecule has 1 atom stereocenters. The number of fused-ring (bicyclic) bond motifs is 1. The summed E-state index contributed by atoms with van der Waals surface area (Å²) in [5, 5.41) is 0.675. The Kier molecular flexibility index (Phi) is 5.91. The molecule has 5 heteroatoms. The highest BCUT2D eigenvalue weighted by Gasteiger charge is 2.31. The summed E-state index contributed by atoms with van der Waals surface area (Å²) in [5.74, 6) is 0.879. The molecular formula is C24H27ClN2O2. The summed E-state index contributed by atoms with van der Waals surface area (Å²) in [7, 11) is 0. The third kappa shape index (κ3) is 4.48. The van der Waals surface area contributed by atoms with Crippen LogP contribution in [0.2, 0.25) is 5.02 Å². The van der Waals surface area contributed by atoms with Gasteiger partial charge in [0.25, 0.3) is 5.91 Å². The van der Waals surface area contributed by atoms with Gasteiger partial charge in [0, 0.05) is 49.1 Å². The minimum Gasteiger partial charge on any atom is -0.343 e. The number of hydrogen-bond acceptors (Lipinski definition) is 2. The highest BCUT2D eigenvalue weighted by atomic mass is 35.5. The van der Waals surface area contributed by atoms with Crippen LogP contribution >= 0.6 is 11.6 Å². The van der Waals surface area contributed by atoms with Gasteiger partial charge in [0.15, 0.2) is 0 Å². The van der Waals surface area contributed by atoms with Crippen LogP contribution in [0, 0.1) is 5.92 Å². The topological polar surface area (TPSA) is 40.6 Å². The number of carbonyl (C=O) groups is 2. The molecule has 0 radical (unpaired) electrons. The van der Waals surface area contributed by atoms with Gasteiger partial charge in [-0.15, -0.1) is 0 Å². The molecule has 0 aromatic heterocycles. The number of nitrogens with zero attached hydrogens (tertiary/aromatic N) is 2. The third-order valence-electron chi connectivity index (χ3n) is 6.24. The van der Waals surface area contributed by atoms with Crippen LogP contribution in [-0.4, -0.2) is 41.2 Å². The lowest BCUT2D eigenvalue weighted by molar-refractivity contribution is -0.133. The number of carbonyl (C=O) groups excluding carboxylic acids is 2. The first kappa shape index (κ1) is 20.0. The van der Waals surface area contributed by atoms with Crippen molar-refractivity contribution in [2.75, 3.05) is 19.6 Å². The number of hydrogen-bond donors (Lipinski definition) is 0. The van der Waals surface area contributed by atoms with Gasteiger partial charge in [-0.2, -0.15) is 0 Å². The number of likely N-dealkylation sites (tertiary alicyclic amines) is 1. The van der Waals surface area contributed by atoms with Gasteiger partial charge in [0.05, 0.1) is 0 Å². The van der Waals surface area contributed by atoms with Crippen LogP contribution in [0.5, 0.6) is 0 Å². The van der Waals surface area contributed by atoms with Gasteiger partial charge in [-0.05, 0) is 48.1 Å². The molecule has 4 nitrogen and oxygen atoms in total. The first-order chi connectivity index (χ1) is 14.0. The number of piperidine rings is 1. The summed E-state index contributed by atoms with van der Waals surface area (Å²) >= 11 is 6.07. The fourth-order valence-corrected chi connectivity index (χ4v) is 4.47. The highest BCUT2D eigenvalue weighted by Crippen LogP contribution is 2.29. The molecule has 1 unspecified atom stereocenters. The molecule has 2 aromatic carbocycles. The van der Waals surface area contributed by atoms with Crippen LogP contribution in [-0.2, 0) is 11.3 Å². The Bertz CT molecular complexity index is 888. The van der Waals surface area contributed by atoms with E-state index in [2.05, 4.69) is 6.92 Å². The number of amides is 2. The molecule has 29 heavy (non-hydrogen) atoms. The van der Waals surface area contributed by atoms with Crippen LogP contribution < -0.4 is 0 Å². The van der Waals surface area contributed by atoms with Gasteiger partial charge in [-0.25, -0.2) is 0 Å². The number of halogens is 1. The van der Waals surface area contributed by atoms with Gasteiger partial charge in [0.2, 0.25) is 5.91 Å². The normalized spacial score (nSPS) is 18.1. The summed E-state index contributed by atoms with van der Waals surface area (Å²) in [6, 6.07) is 15.4. The molecule has 152 valence electrons. The molecule has 0 N–H and O–H groups in total. The standard InChI is InChI=1S/C24H27ClN2O2/c1-17-10-12-26(13-11-17)23(28)14-20(18-6-8-21(25)9-7-18)16-27-15-19-4-2-3-5-22(19)24(27)29/h2-9,17,20H,10-16H2,1H3. The molecule has 2 aliphatic rings. The Hall–Kier alpha value is -2.33. The van der Waals surface area contributed by atoms with Crippen molar-refractivity contribution in [1.29, 1.82) is 0 Å². The van der Waals surface area contributed by atoms with Crippen molar-refractivity contribution < 1.29 is 9.59 Å². The molecule has 1 fully saturated rings. The third-order valence-corrected chi connectivity index (χ3v) is 6.49. The first-order valence-corrected chi connectivity index (χ1v) is 10.8. The van der Waals surface area contributed by atoms with E-state index in [1.54, 1.807) is 0 Å². The van der Waals surface area contributed by atoms with Crippen LogP contribution in [0.25, 0.3) is 0 Å². The maximum atomic E-state index is 13.0. The minimum atomic E-state index is -0.0441. The molecule has 0 saturated carbocycles. The van der Waals surface area contributed by atoms with Gasteiger partial charge >= 0.3 is 0 Å². The molecule has 4 rings (SSSR count). The summed E-state index contributed by atoms with van der Waals surface area (Å²) < 4.78 is 0. The number of benzene rings is 2. The Morgan fingerprint density at radius 2 is 1.79 bits per heavy atom. The monoisotopic (exact) mass is 410 g/mol. The molecule has 2 aliphatic heterocycles. The van der Waals surface area contributed by atoms with Gasteiger partial charge < -0.3 is 9.80 Å². The molecular weight excluding hydrogens is 384 g/mol. The first-order valence-electron chi connectivity index (χ1n) is 10.4. The van der Waals surface area contributed by atoms with E-state index >= 15 is 0 Å². The molecule has 0 spiro atoms. The van der Waals surface area contributed by atoms with E-state index in [1.165, 1.54) is 0 Å². The maximum absolute atomic E-state index is 13.0. The largest absolute Gasteiger partial charge is 0.343 e. The lowest BCUT2D eigenvalue weighted by Gasteiger charge is -2.32. The lowest BCUT2D eigenvalue weighted by atomic mass is 9.93. The zero-order valence-corrected chi connectivity index (χ0v) is 17.6. The smallest absolute Gasteiger partial charge is 0.254 e. The second kappa shape index (κ2) is 8.58. The molecule has 1 saturated heterocycles. The van der Waals surface area contributed by atoms with Gasteiger partial charge in [-0.1, -0.05) is 48.9 Å². The Balaban J connectivity index is 1.51. The summed E-state index contributed by atoms with van der Waals surface area (Å²) in [6.07, 6.45) is 2.55. The van der Waals surface area contributed by atoms with Crippen LogP contribution in [0.1, 0.15) is 53.6 Å². The number of rotatable bonds is 5. The Morgan fingerprint density at radius 3 is 2.48 bits per heavy atom. The second-order valence-corrected chi connectivity index (χ2v) is 8.80. The SMILES string of the molecule is CC1CCN(C(=O)CC(CN2Cc3ccccc3C2=O)c2ccc(Cl)cc2)CC1. The van der Waals surface area contributed by atoms with Crippen molar-refractivity contribution in [1.82, 2.24) is 9.80 Å². The second-order valence-electron chi connectivity index (χ2n) is 8.36. The fourth-order valence-electron chi connectivity index (χ4n) is 4.35. The van der Waals surface area contributed by atoms with E-state index in [4.69, 9.17) is 11.6 Å².